The fourth-order valence-electron chi connectivity index (χ4n) is 1.75. The van der Waals surface area contributed by atoms with Crippen LogP contribution in [0.1, 0.15) is 20.3 Å². The number of aliphatic hydroxyl groups is 1. The summed E-state index contributed by atoms with van der Waals surface area (Å²) in [4.78, 5) is 13.1. The molecule has 1 amide bonds. The first-order chi connectivity index (χ1) is 6.06. The van der Waals surface area contributed by atoms with Crippen LogP contribution in [-0.4, -0.2) is 41.1 Å². The van der Waals surface area contributed by atoms with E-state index in [2.05, 4.69) is 0 Å². The standard InChI is InChI=1S/C9H18N2O2/c1-6(2)8(5-12)11-4-7(10)3-9(11)13/h6-8,12H,3-5,10H2,1-2H3/t7?,8-/m1/s1. The van der Waals surface area contributed by atoms with Crippen molar-refractivity contribution in [2.75, 3.05) is 13.2 Å². The first kappa shape index (κ1) is 10.5. The average molecular weight is 186 g/mol. The molecule has 0 aliphatic carbocycles. The molecular formula is C9H18N2O2. The van der Waals surface area contributed by atoms with Gasteiger partial charge in [-0.25, -0.2) is 0 Å². The Balaban J connectivity index is 2.64. The van der Waals surface area contributed by atoms with Gasteiger partial charge in [0.05, 0.1) is 12.6 Å². The predicted molar refractivity (Wildman–Crippen MR) is 50.0 cm³/mol. The molecule has 0 aromatic rings. The van der Waals surface area contributed by atoms with E-state index in [1.807, 2.05) is 13.8 Å². The van der Waals surface area contributed by atoms with Gasteiger partial charge in [0.2, 0.25) is 5.91 Å². The molecule has 1 unspecified atom stereocenters. The van der Waals surface area contributed by atoms with E-state index in [4.69, 9.17) is 10.8 Å². The molecule has 1 saturated heterocycles. The minimum atomic E-state index is -0.0685. The van der Waals surface area contributed by atoms with Gasteiger partial charge in [-0.05, 0) is 5.92 Å². The smallest absolute Gasteiger partial charge is 0.224 e. The van der Waals surface area contributed by atoms with Gasteiger partial charge >= 0.3 is 0 Å². The highest BCUT2D eigenvalue weighted by molar-refractivity contribution is 5.79. The number of nitrogens with two attached hydrogens (primary N) is 1. The zero-order valence-corrected chi connectivity index (χ0v) is 8.23. The SMILES string of the molecule is CC(C)[C@@H](CO)N1CC(N)CC1=O. The summed E-state index contributed by atoms with van der Waals surface area (Å²) in [5.74, 6) is 0.347. The molecule has 2 atom stereocenters. The average Bonchev–Trinajstić information content (AvgIpc) is 2.31. The molecule has 0 spiro atoms. The van der Waals surface area contributed by atoms with Gasteiger partial charge in [-0.1, -0.05) is 13.8 Å². The summed E-state index contributed by atoms with van der Waals surface area (Å²) in [6.07, 6.45) is 0.420. The molecule has 0 radical (unpaired) electrons. The normalized spacial score (nSPS) is 25.8. The summed E-state index contributed by atoms with van der Waals surface area (Å²) in [6.45, 7) is 4.61. The zero-order chi connectivity index (χ0) is 10.0. The number of carbonyl (C=O) groups excluding carboxylic acids is 1. The van der Waals surface area contributed by atoms with Crippen LogP contribution in [0.4, 0.5) is 0 Å². The number of hydrogen-bond acceptors (Lipinski definition) is 3. The Morgan fingerprint density at radius 1 is 1.69 bits per heavy atom. The second-order valence-corrected chi connectivity index (χ2v) is 4.00. The van der Waals surface area contributed by atoms with Gasteiger partial charge in [-0.3, -0.25) is 4.79 Å². The second kappa shape index (κ2) is 4.07. The summed E-state index contributed by atoms with van der Waals surface area (Å²) >= 11 is 0. The quantitative estimate of drug-likeness (QED) is 0.628. The lowest BCUT2D eigenvalue weighted by atomic mass is 10.0. The fraction of sp³-hybridized carbons (Fsp3) is 0.889. The van der Waals surface area contributed by atoms with E-state index in [1.54, 1.807) is 4.90 Å². The predicted octanol–water partition coefficient (Wildman–Crippen LogP) is -0.437. The Morgan fingerprint density at radius 3 is 2.62 bits per heavy atom. The monoisotopic (exact) mass is 186 g/mol. The first-order valence-electron chi connectivity index (χ1n) is 4.72. The zero-order valence-electron chi connectivity index (χ0n) is 8.23. The lowest BCUT2D eigenvalue weighted by Gasteiger charge is -2.29. The molecular weight excluding hydrogens is 168 g/mol. The molecule has 4 nitrogen and oxygen atoms in total. The van der Waals surface area contributed by atoms with Crippen LogP contribution in [0, 0.1) is 5.92 Å². The van der Waals surface area contributed by atoms with Crippen molar-refractivity contribution in [1.29, 1.82) is 0 Å². The van der Waals surface area contributed by atoms with Crippen LogP contribution in [0.15, 0.2) is 0 Å². The molecule has 1 fully saturated rings. The Kier molecular flexibility index (Phi) is 3.27. The van der Waals surface area contributed by atoms with E-state index in [0.717, 1.165) is 0 Å². The van der Waals surface area contributed by atoms with E-state index >= 15 is 0 Å². The van der Waals surface area contributed by atoms with E-state index in [0.29, 0.717) is 13.0 Å². The van der Waals surface area contributed by atoms with Gasteiger partial charge in [0.1, 0.15) is 0 Å². The molecule has 1 heterocycles. The lowest BCUT2D eigenvalue weighted by molar-refractivity contribution is -0.131. The summed E-state index contributed by atoms with van der Waals surface area (Å²) in [5, 5.41) is 9.13. The minimum Gasteiger partial charge on any atom is -0.394 e. The number of nitrogens with zero attached hydrogens (tertiary/aromatic N) is 1. The highest BCUT2D eigenvalue weighted by atomic mass is 16.3. The molecule has 76 valence electrons. The molecule has 1 rings (SSSR count). The van der Waals surface area contributed by atoms with Crippen LogP contribution in [0.5, 0.6) is 0 Å². The van der Waals surface area contributed by atoms with Crippen LogP contribution in [0.3, 0.4) is 0 Å². The van der Waals surface area contributed by atoms with Crippen LogP contribution >= 0.6 is 0 Å². The van der Waals surface area contributed by atoms with Crippen LogP contribution in [0.25, 0.3) is 0 Å². The van der Waals surface area contributed by atoms with Gasteiger partial charge in [0, 0.05) is 19.0 Å². The van der Waals surface area contributed by atoms with Crippen molar-refractivity contribution in [3.63, 3.8) is 0 Å². The third-order valence-corrected chi connectivity index (χ3v) is 2.55. The number of likely N-dealkylation sites (tertiary alicyclic amines) is 1. The van der Waals surface area contributed by atoms with Crippen molar-refractivity contribution in [2.45, 2.75) is 32.4 Å². The number of hydrogen-bond donors (Lipinski definition) is 2. The van der Waals surface area contributed by atoms with Crippen molar-refractivity contribution in [1.82, 2.24) is 4.90 Å². The molecule has 0 saturated carbocycles. The maximum absolute atomic E-state index is 11.4. The van der Waals surface area contributed by atoms with Crippen molar-refractivity contribution in [3.8, 4) is 0 Å². The molecule has 1 aliphatic rings. The Morgan fingerprint density at radius 2 is 2.31 bits per heavy atom. The van der Waals surface area contributed by atoms with Gasteiger partial charge in [0.15, 0.2) is 0 Å². The molecule has 0 aromatic heterocycles. The van der Waals surface area contributed by atoms with Gasteiger partial charge < -0.3 is 15.7 Å². The maximum atomic E-state index is 11.4. The number of rotatable bonds is 3. The largest absolute Gasteiger partial charge is 0.394 e. The summed E-state index contributed by atoms with van der Waals surface area (Å²) in [5.41, 5.74) is 5.66. The highest BCUT2D eigenvalue weighted by Gasteiger charge is 2.33. The van der Waals surface area contributed by atoms with E-state index in [9.17, 15) is 4.79 Å². The van der Waals surface area contributed by atoms with E-state index in [1.165, 1.54) is 0 Å². The van der Waals surface area contributed by atoms with Crippen LogP contribution in [-0.2, 0) is 4.79 Å². The van der Waals surface area contributed by atoms with Crippen molar-refractivity contribution in [2.24, 2.45) is 11.7 Å². The molecule has 4 heteroatoms. The molecule has 3 N–H and O–H groups in total. The van der Waals surface area contributed by atoms with E-state index < -0.39 is 0 Å². The van der Waals surface area contributed by atoms with Crippen molar-refractivity contribution >= 4 is 5.91 Å². The number of amides is 1. The van der Waals surface area contributed by atoms with E-state index in [-0.39, 0.29) is 30.5 Å². The number of aliphatic hydroxyl groups excluding tert-OH is 1. The minimum absolute atomic E-state index is 0.0239. The molecule has 0 aromatic carbocycles. The van der Waals surface area contributed by atoms with Crippen molar-refractivity contribution < 1.29 is 9.90 Å². The van der Waals surface area contributed by atoms with Gasteiger partial charge in [-0.2, -0.15) is 0 Å². The molecule has 13 heavy (non-hydrogen) atoms. The van der Waals surface area contributed by atoms with Crippen molar-refractivity contribution in [3.05, 3.63) is 0 Å². The summed E-state index contributed by atoms with van der Waals surface area (Å²) in [7, 11) is 0. The Labute approximate surface area is 78.7 Å². The first-order valence-corrected chi connectivity index (χ1v) is 4.72. The maximum Gasteiger partial charge on any atom is 0.224 e. The number of carbonyl (C=O) groups is 1. The summed E-state index contributed by atoms with van der Waals surface area (Å²) < 4.78 is 0. The second-order valence-electron chi connectivity index (χ2n) is 4.00. The van der Waals surface area contributed by atoms with Crippen LogP contribution in [0.2, 0.25) is 0 Å². The van der Waals surface area contributed by atoms with Gasteiger partial charge in [0.25, 0.3) is 0 Å². The molecule has 0 bridgehead atoms. The lowest BCUT2D eigenvalue weighted by Crippen LogP contribution is -2.43. The Bertz CT molecular complexity index is 194. The fourth-order valence-corrected chi connectivity index (χ4v) is 1.75. The third kappa shape index (κ3) is 2.19. The highest BCUT2D eigenvalue weighted by Crippen LogP contribution is 2.17. The van der Waals surface area contributed by atoms with Gasteiger partial charge in [-0.15, -0.1) is 0 Å². The Hall–Kier alpha value is -0.610. The van der Waals surface area contributed by atoms with Crippen LogP contribution < -0.4 is 5.73 Å². The third-order valence-electron chi connectivity index (χ3n) is 2.55. The topological polar surface area (TPSA) is 66.6 Å². The molecule has 1 aliphatic heterocycles. The summed E-state index contributed by atoms with van der Waals surface area (Å²) in [6, 6.07) is -0.124.